The van der Waals surface area contributed by atoms with E-state index in [0.717, 1.165) is 31.6 Å². The molecule has 0 radical (unpaired) electrons. The molecule has 4 rings (SSSR count). The first-order valence-electron chi connectivity index (χ1n) is 8.37. The molecule has 0 saturated carbocycles. The maximum absolute atomic E-state index is 13.5. The van der Waals surface area contributed by atoms with Gasteiger partial charge >= 0.3 is 0 Å². The number of fused-ring (bicyclic) bond motifs is 2. The summed E-state index contributed by atoms with van der Waals surface area (Å²) in [7, 11) is 0. The van der Waals surface area contributed by atoms with E-state index in [0.29, 0.717) is 24.1 Å². The minimum Gasteiger partial charge on any atom is -0.390 e. The highest BCUT2D eigenvalue weighted by molar-refractivity contribution is 5.75. The highest BCUT2D eigenvalue weighted by Crippen LogP contribution is 2.20. The average molecular weight is 343 g/mol. The van der Waals surface area contributed by atoms with Crippen LogP contribution in [0.3, 0.4) is 0 Å². The summed E-state index contributed by atoms with van der Waals surface area (Å²) in [5, 5.41) is 10.4. The van der Waals surface area contributed by atoms with Gasteiger partial charge in [-0.05, 0) is 17.5 Å². The van der Waals surface area contributed by atoms with E-state index in [1.165, 1.54) is 17.5 Å². The predicted molar refractivity (Wildman–Crippen MR) is 91.1 cm³/mol. The van der Waals surface area contributed by atoms with Crippen molar-refractivity contribution in [3.63, 3.8) is 0 Å². The molecular weight excluding hydrogens is 324 g/mol. The van der Waals surface area contributed by atoms with Crippen LogP contribution in [-0.2, 0) is 19.5 Å². The number of aliphatic hydroxyl groups excluding tert-OH is 1. The van der Waals surface area contributed by atoms with Crippen molar-refractivity contribution < 1.29 is 13.9 Å². The fourth-order valence-electron chi connectivity index (χ4n) is 3.49. The van der Waals surface area contributed by atoms with Crippen molar-refractivity contribution in [2.24, 2.45) is 0 Å². The summed E-state index contributed by atoms with van der Waals surface area (Å²) in [6, 6.07) is 10.6. The first-order valence-corrected chi connectivity index (χ1v) is 8.37. The fourth-order valence-corrected chi connectivity index (χ4v) is 3.49. The number of aromatic nitrogens is 2. The van der Waals surface area contributed by atoms with Gasteiger partial charge in [-0.1, -0.05) is 24.3 Å². The summed E-state index contributed by atoms with van der Waals surface area (Å²) in [6.07, 6.45) is 1.87. The lowest BCUT2D eigenvalue weighted by atomic mass is 10.00. The first-order chi connectivity index (χ1) is 12.1. The molecule has 0 amide bonds. The Bertz CT molecular complexity index is 909. The van der Waals surface area contributed by atoms with E-state index in [1.54, 1.807) is 4.57 Å². The second-order valence-corrected chi connectivity index (χ2v) is 6.56. The van der Waals surface area contributed by atoms with E-state index in [9.17, 15) is 13.9 Å². The molecule has 6 heteroatoms. The Kier molecular flexibility index (Phi) is 4.23. The second kappa shape index (κ2) is 6.54. The van der Waals surface area contributed by atoms with Crippen LogP contribution in [0.1, 0.15) is 11.1 Å². The molecule has 0 aliphatic carbocycles. The molecule has 1 atom stereocenters. The zero-order valence-electron chi connectivity index (χ0n) is 13.7. The molecule has 4 nitrogen and oxygen atoms in total. The van der Waals surface area contributed by atoms with E-state index in [2.05, 4.69) is 28.1 Å². The number of rotatable bonds is 4. The van der Waals surface area contributed by atoms with Gasteiger partial charge in [0.15, 0.2) is 11.6 Å². The van der Waals surface area contributed by atoms with Crippen LogP contribution in [0.15, 0.2) is 42.7 Å². The zero-order valence-corrected chi connectivity index (χ0v) is 13.7. The number of hydrogen-bond acceptors (Lipinski definition) is 3. The summed E-state index contributed by atoms with van der Waals surface area (Å²) >= 11 is 0. The molecule has 130 valence electrons. The lowest BCUT2D eigenvalue weighted by molar-refractivity contribution is 0.0926. The van der Waals surface area contributed by atoms with Crippen molar-refractivity contribution in [3.8, 4) is 0 Å². The highest BCUT2D eigenvalue weighted by Gasteiger charge is 2.19. The number of nitrogens with zero attached hydrogens (tertiary/aromatic N) is 3. The summed E-state index contributed by atoms with van der Waals surface area (Å²) in [4.78, 5) is 6.30. The zero-order chi connectivity index (χ0) is 17.4. The molecule has 0 fully saturated rings. The standard InChI is InChI=1S/C19H19F2N3O/c20-16-7-18-19(8-17(16)21)24(12-22-18)11-15(25)10-23-6-5-13-3-1-2-4-14(13)9-23/h1-4,7-8,12,15,25H,5-6,9-11H2/t15-/m0/s1. The fraction of sp³-hybridized carbons (Fsp3) is 0.316. The van der Waals surface area contributed by atoms with Crippen LogP contribution in [-0.4, -0.2) is 38.8 Å². The number of β-amino-alcohol motifs (C(OH)–C–C–N with tert-alkyl or cyclic N) is 1. The van der Waals surface area contributed by atoms with Gasteiger partial charge in [0.05, 0.1) is 30.0 Å². The van der Waals surface area contributed by atoms with Crippen molar-refractivity contribution in [3.05, 3.63) is 65.5 Å². The summed E-state index contributed by atoms with van der Waals surface area (Å²) in [6.45, 7) is 2.54. The smallest absolute Gasteiger partial charge is 0.161 e. The SMILES string of the molecule is O[C@@H](CN1CCc2ccccc2C1)Cn1cnc2cc(F)c(F)cc21. The number of imidazole rings is 1. The van der Waals surface area contributed by atoms with Gasteiger partial charge in [0, 0.05) is 31.8 Å². The molecule has 3 aromatic rings. The molecule has 1 N–H and O–H groups in total. The number of aliphatic hydroxyl groups is 1. The molecule has 1 aliphatic rings. The van der Waals surface area contributed by atoms with Gasteiger partial charge in [-0.2, -0.15) is 0 Å². The highest BCUT2D eigenvalue weighted by atomic mass is 19.2. The van der Waals surface area contributed by atoms with Gasteiger partial charge < -0.3 is 9.67 Å². The van der Waals surface area contributed by atoms with E-state index in [-0.39, 0.29) is 0 Å². The monoisotopic (exact) mass is 343 g/mol. The molecule has 1 aromatic heterocycles. The van der Waals surface area contributed by atoms with Gasteiger partial charge in [-0.15, -0.1) is 0 Å². The van der Waals surface area contributed by atoms with Crippen LogP contribution in [0, 0.1) is 11.6 Å². The minimum absolute atomic E-state index is 0.291. The molecular formula is C19H19F2N3O. The molecule has 0 spiro atoms. The summed E-state index contributed by atoms with van der Waals surface area (Å²) in [5.41, 5.74) is 3.54. The molecule has 2 aromatic carbocycles. The lowest BCUT2D eigenvalue weighted by Crippen LogP contribution is -2.38. The van der Waals surface area contributed by atoms with Crippen molar-refractivity contribution in [1.29, 1.82) is 0 Å². The predicted octanol–water partition coefficient (Wildman–Crippen LogP) is 2.73. The molecule has 2 heterocycles. The minimum atomic E-state index is -0.912. The van der Waals surface area contributed by atoms with Crippen molar-refractivity contribution in [1.82, 2.24) is 14.5 Å². The Morgan fingerprint density at radius 3 is 2.68 bits per heavy atom. The topological polar surface area (TPSA) is 41.3 Å². The van der Waals surface area contributed by atoms with Crippen LogP contribution in [0.5, 0.6) is 0 Å². The lowest BCUT2D eigenvalue weighted by Gasteiger charge is -2.30. The van der Waals surface area contributed by atoms with Crippen molar-refractivity contribution in [2.75, 3.05) is 13.1 Å². The molecule has 0 bridgehead atoms. The van der Waals surface area contributed by atoms with E-state index in [4.69, 9.17) is 0 Å². The Morgan fingerprint density at radius 1 is 1.08 bits per heavy atom. The number of halogens is 2. The van der Waals surface area contributed by atoms with Gasteiger partial charge in [-0.3, -0.25) is 4.90 Å². The first kappa shape index (κ1) is 16.2. The Hall–Kier alpha value is -2.31. The summed E-state index contributed by atoms with van der Waals surface area (Å²) in [5.74, 6) is -1.82. The Balaban J connectivity index is 1.45. The summed E-state index contributed by atoms with van der Waals surface area (Å²) < 4.78 is 28.4. The van der Waals surface area contributed by atoms with Crippen molar-refractivity contribution in [2.45, 2.75) is 25.6 Å². The quantitative estimate of drug-likeness (QED) is 0.792. The van der Waals surface area contributed by atoms with Crippen LogP contribution in [0.2, 0.25) is 0 Å². The van der Waals surface area contributed by atoms with E-state index >= 15 is 0 Å². The van der Waals surface area contributed by atoms with Gasteiger partial charge in [-0.25, -0.2) is 13.8 Å². The Morgan fingerprint density at radius 2 is 1.84 bits per heavy atom. The number of hydrogen-bond donors (Lipinski definition) is 1. The van der Waals surface area contributed by atoms with Crippen LogP contribution >= 0.6 is 0 Å². The number of benzene rings is 2. The van der Waals surface area contributed by atoms with E-state index in [1.807, 2.05) is 6.07 Å². The third-order valence-electron chi connectivity index (χ3n) is 4.75. The molecule has 0 unspecified atom stereocenters. The maximum Gasteiger partial charge on any atom is 0.161 e. The third-order valence-corrected chi connectivity index (χ3v) is 4.75. The third kappa shape index (κ3) is 3.27. The largest absolute Gasteiger partial charge is 0.390 e. The van der Waals surface area contributed by atoms with Crippen molar-refractivity contribution >= 4 is 11.0 Å². The molecule has 0 saturated heterocycles. The molecule has 1 aliphatic heterocycles. The van der Waals surface area contributed by atoms with Crippen LogP contribution in [0.25, 0.3) is 11.0 Å². The average Bonchev–Trinajstić information content (AvgIpc) is 2.97. The Labute approximate surface area is 144 Å². The normalized spacial score (nSPS) is 16.1. The van der Waals surface area contributed by atoms with Crippen LogP contribution < -0.4 is 0 Å². The van der Waals surface area contributed by atoms with Crippen LogP contribution in [0.4, 0.5) is 8.78 Å². The van der Waals surface area contributed by atoms with Gasteiger partial charge in [0.2, 0.25) is 0 Å². The van der Waals surface area contributed by atoms with E-state index < -0.39 is 17.7 Å². The maximum atomic E-state index is 13.5. The second-order valence-electron chi connectivity index (χ2n) is 6.56. The molecule has 25 heavy (non-hydrogen) atoms. The van der Waals surface area contributed by atoms with Gasteiger partial charge in [0.1, 0.15) is 0 Å². The van der Waals surface area contributed by atoms with Gasteiger partial charge in [0.25, 0.3) is 0 Å².